The summed E-state index contributed by atoms with van der Waals surface area (Å²) in [5.74, 6) is -0.910. The Morgan fingerprint density at radius 1 is 1.33 bits per heavy atom. The van der Waals surface area contributed by atoms with Gasteiger partial charge < -0.3 is 4.57 Å². The summed E-state index contributed by atoms with van der Waals surface area (Å²) in [6.45, 7) is 1.10. The van der Waals surface area contributed by atoms with Crippen LogP contribution < -0.4 is 5.56 Å². The molecule has 0 fully saturated rings. The Balaban J connectivity index is 2.35. The Bertz CT molecular complexity index is 766. The number of carbonyl (C=O) groups is 1. The number of halogens is 1. The summed E-state index contributed by atoms with van der Waals surface area (Å²) in [5.41, 5.74) is -0.335. The molecule has 0 bridgehead atoms. The van der Waals surface area contributed by atoms with Crippen molar-refractivity contribution < 1.29 is 14.1 Å². The Labute approximate surface area is 118 Å². The SMILES string of the molecule is Cc1cc([N+](=O)[O-])cn(CC(=O)c2ccc(F)cc2)c1=O. The third-order valence-corrected chi connectivity index (χ3v) is 2.94. The van der Waals surface area contributed by atoms with Crippen LogP contribution in [0.15, 0.2) is 41.3 Å². The first-order valence-electron chi connectivity index (χ1n) is 6.02. The summed E-state index contributed by atoms with van der Waals surface area (Å²) in [6.07, 6.45) is 1.02. The van der Waals surface area contributed by atoms with Crippen LogP contribution in [0.25, 0.3) is 0 Å². The molecular weight excluding hydrogens is 279 g/mol. The molecule has 0 unspecified atom stereocenters. The fourth-order valence-corrected chi connectivity index (χ4v) is 1.86. The number of ketones is 1. The number of hydrogen-bond acceptors (Lipinski definition) is 4. The molecule has 0 N–H and O–H groups in total. The van der Waals surface area contributed by atoms with Crippen molar-refractivity contribution in [2.24, 2.45) is 0 Å². The molecule has 0 atom stereocenters. The Morgan fingerprint density at radius 3 is 2.52 bits per heavy atom. The molecular formula is C14H11FN2O4. The fraction of sp³-hybridized carbons (Fsp3) is 0.143. The van der Waals surface area contributed by atoms with Gasteiger partial charge in [0.2, 0.25) is 0 Å². The minimum absolute atomic E-state index is 0.177. The van der Waals surface area contributed by atoms with Crippen molar-refractivity contribution >= 4 is 11.5 Å². The van der Waals surface area contributed by atoms with Gasteiger partial charge in [0.15, 0.2) is 5.78 Å². The molecule has 0 aliphatic rings. The van der Waals surface area contributed by atoms with E-state index in [2.05, 4.69) is 0 Å². The molecule has 0 spiro atoms. The van der Waals surface area contributed by atoms with Gasteiger partial charge in [-0.25, -0.2) is 4.39 Å². The molecule has 0 amide bonds. The minimum atomic E-state index is -0.634. The van der Waals surface area contributed by atoms with Crippen molar-refractivity contribution in [2.75, 3.05) is 0 Å². The van der Waals surface area contributed by atoms with Crippen LogP contribution >= 0.6 is 0 Å². The predicted molar refractivity (Wildman–Crippen MR) is 72.8 cm³/mol. The largest absolute Gasteiger partial charge is 0.301 e. The maximum atomic E-state index is 12.8. The van der Waals surface area contributed by atoms with Gasteiger partial charge in [0, 0.05) is 17.2 Å². The van der Waals surface area contributed by atoms with Crippen LogP contribution in [0.3, 0.4) is 0 Å². The first-order chi connectivity index (χ1) is 9.88. The zero-order valence-corrected chi connectivity index (χ0v) is 11.1. The second kappa shape index (κ2) is 5.66. The van der Waals surface area contributed by atoms with E-state index in [1.54, 1.807) is 0 Å². The number of carbonyl (C=O) groups excluding carboxylic acids is 1. The van der Waals surface area contributed by atoms with Crippen LogP contribution in [0.5, 0.6) is 0 Å². The van der Waals surface area contributed by atoms with Crippen molar-refractivity contribution in [3.63, 3.8) is 0 Å². The van der Waals surface area contributed by atoms with Crippen molar-refractivity contribution in [2.45, 2.75) is 13.5 Å². The first-order valence-corrected chi connectivity index (χ1v) is 6.02. The van der Waals surface area contributed by atoms with Gasteiger partial charge >= 0.3 is 0 Å². The summed E-state index contributed by atoms with van der Waals surface area (Å²) >= 11 is 0. The highest BCUT2D eigenvalue weighted by Gasteiger charge is 2.14. The number of nitro groups is 1. The van der Waals surface area contributed by atoms with Crippen LogP contribution in [-0.2, 0) is 6.54 Å². The first kappa shape index (κ1) is 14.6. The van der Waals surface area contributed by atoms with Crippen LogP contribution in [0.1, 0.15) is 15.9 Å². The lowest BCUT2D eigenvalue weighted by Gasteiger charge is -2.06. The fourth-order valence-electron chi connectivity index (χ4n) is 1.86. The molecule has 0 saturated heterocycles. The van der Waals surface area contributed by atoms with Gasteiger partial charge in [-0.1, -0.05) is 0 Å². The summed E-state index contributed by atoms with van der Waals surface area (Å²) < 4.78 is 13.8. The number of pyridine rings is 1. The Kier molecular flexibility index (Phi) is 3.93. The van der Waals surface area contributed by atoms with Crippen LogP contribution in [0.4, 0.5) is 10.1 Å². The number of benzene rings is 1. The summed E-state index contributed by atoms with van der Waals surface area (Å²) in [6, 6.07) is 6.02. The molecule has 1 aromatic heterocycles. The third-order valence-electron chi connectivity index (χ3n) is 2.94. The topological polar surface area (TPSA) is 82.2 Å². The van der Waals surface area contributed by atoms with E-state index in [0.717, 1.165) is 29.0 Å². The Morgan fingerprint density at radius 2 is 1.95 bits per heavy atom. The Hall–Kier alpha value is -2.83. The van der Waals surface area contributed by atoms with Crippen molar-refractivity contribution in [3.05, 3.63) is 73.9 Å². The van der Waals surface area contributed by atoms with Gasteiger partial charge in [0.1, 0.15) is 5.82 Å². The van der Waals surface area contributed by atoms with Gasteiger partial charge in [-0.15, -0.1) is 0 Å². The summed E-state index contributed by atoms with van der Waals surface area (Å²) in [4.78, 5) is 34.1. The number of hydrogen-bond donors (Lipinski definition) is 0. The maximum Gasteiger partial charge on any atom is 0.286 e. The van der Waals surface area contributed by atoms with Gasteiger partial charge in [0.25, 0.3) is 11.2 Å². The molecule has 6 nitrogen and oxygen atoms in total. The molecule has 108 valence electrons. The minimum Gasteiger partial charge on any atom is -0.301 e. The molecule has 1 aromatic carbocycles. The number of Topliss-reactive ketones (excluding diaryl/α,β-unsaturated/α-hetero) is 1. The molecule has 21 heavy (non-hydrogen) atoms. The van der Waals surface area contributed by atoms with Crippen LogP contribution in [-0.4, -0.2) is 15.3 Å². The van der Waals surface area contributed by atoms with Crippen molar-refractivity contribution in [3.8, 4) is 0 Å². The molecule has 0 aliphatic carbocycles. The van der Waals surface area contributed by atoms with Gasteiger partial charge in [-0.3, -0.25) is 19.7 Å². The van der Waals surface area contributed by atoms with E-state index in [4.69, 9.17) is 0 Å². The van der Waals surface area contributed by atoms with E-state index in [0.29, 0.717) is 0 Å². The van der Waals surface area contributed by atoms with Crippen molar-refractivity contribution in [1.82, 2.24) is 4.57 Å². The van der Waals surface area contributed by atoms with E-state index in [-0.39, 0.29) is 23.4 Å². The zero-order chi connectivity index (χ0) is 15.6. The van der Waals surface area contributed by atoms with E-state index < -0.39 is 22.1 Å². The zero-order valence-electron chi connectivity index (χ0n) is 11.1. The molecule has 0 aliphatic heterocycles. The lowest BCUT2D eigenvalue weighted by atomic mass is 10.1. The van der Waals surface area contributed by atoms with Gasteiger partial charge in [-0.05, 0) is 31.2 Å². The standard InChI is InChI=1S/C14H11FN2O4/c1-9-6-12(17(20)21)7-16(14(9)19)8-13(18)10-2-4-11(15)5-3-10/h2-7H,8H2,1H3. The van der Waals surface area contributed by atoms with Crippen LogP contribution in [0.2, 0.25) is 0 Å². The van der Waals surface area contributed by atoms with E-state index in [9.17, 15) is 24.1 Å². The number of aryl methyl sites for hydroxylation is 1. The van der Waals surface area contributed by atoms with E-state index in [1.807, 2.05) is 0 Å². The van der Waals surface area contributed by atoms with Gasteiger partial charge in [-0.2, -0.15) is 0 Å². The monoisotopic (exact) mass is 290 g/mol. The molecule has 2 rings (SSSR count). The lowest BCUT2D eigenvalue weighted by molar-refractivity contribution is -0.385. The summed E-state index contributed by atoms with van der Waals surface area (Å²) in [7, 11) is 0. The number of nitrogens with zero attached hydrogens (tertiary/aromatic N) is 2. The molecule has 7 heteroatoms. The molecule has 0 radical (unpaired) electrons. The number of aromatic nitrogens is 1. The van der Waals surface area contributed by atoms with Crippen LogP contribution in [0, 0.1) is 22.9 Å². The summed E-state index contributed by atoms with van der Waals surface area (Å²) in [5, 5.41) is 10.8. The van der Waals surface area contributed by atoms with E-state index in [1.165, 1.54) is 19.1 Å². The predicted octanol–water partition coefficient (Wildman–Crippen LogP) is 2.09. The molecule has 0 saturated carbocycles. The maximum absolute atomic E-state index is 12.8. The van der Waals surface area contributed by atoms with E-state index >= 15 is 0 Å². The van der Waals surface area contributed by atoms with Crippen molar-refractivity contribution in [1.29, 1.82) is 0 Å². The quantitative estimate of drug-likeness (QED) is 0.490. The highest BCUT2D eigenvalue weighted by Crippen LogP contribution is 2.11. The highest BCUT2D eigenvalue weighted by molar-refractivity contribution is 5.95. The average molecular weight is 290 g/mol. The van der Waals surface area contributed by atoms with Gasteiger partial charge in [0.05, 0.1) is 17.7 Å². The molecule has 2 aromatic rings. The smallest absolute Gasteiger partial charge is 0.286 e. The normalized spacial score (nSPS) is 10.4. The molecule has 1 heterocycles. The highest BCUT2D eigenvalue weighted by atomic mass is 19.1. The number of rotatable bonds is 4. The average Bonchev–Trinajstić information content (AvgIpc) is 2.44. The second-order valence-corrected chi connectivity index (χ2v) is 4.50. The lowest BCUT2D eigenvalue weighted by Crippen LogP contribution is -2.25. The second-order valence-electron chi connectivity index (χ2n) is 4.50. The third kappa shape index (κ3) is 3.19.